The lowest BCUT2D eigenvalue weighted by Gasteiger charge is -2.11. The fourth-order valence-electron chi connectivity index (χ4n) is 3.15. The Morgan fingerprint density at radius 3 is 3.18 bits per heavy atom. The van der Waals surface area contributed by atoms with Gasteiger partial charge in [-0.1, -0.05) is 17.7 Å². The van der Waals surface area contributed by atoms with E-state index >= 15 is 0 Å². The molecule has 2 aliphatic rings. The predicted molar refractivity (Wildman–Crippen MR) is 66.2 cm³/mol. The van der Waals surface area contributed by atoms with Gasteiger partial charge in [0.15, 0.2) is 0 Å². The van der Waals surface area contributed by atoms with Crippen LogP contribution >= 0.6 is 11.6 Å². The third kappa shape index (κ3) is 1.58. The summed E-state index contributed by atoms with van der Waals surface area (Å²) in [6.45, 7) is 2.32. The van der Waals surface area contributed by atoms with Crippen LogP contribution in [0.4, 0.5) is 0 Å². The number of benzene rings is 1. The number of halogens is 1. The van der Waals surface area contributed by atoms with E-state index in [1.807, 2.05) is 19.1 Å². The van der Waals surface area contributed by atoms with Gasteiger partial charge in [-0.15, -0.1) is 0 Å². The van der Waals surface area contributed by atoms with Gasteiger partial charge in [0, 0.05) is 10.4 Å². The lowest BCUT2D eigenvalue weighted by molar-refractivity contribution is -0.145. The van der Waals surface area contributed by atoms with Gasteiger partial charge in [0.05, 0.1) is 12.5 Å². The second-order valence-corrected chi connectivity index (χ2v) is 5.40. The van der Waals surface area contributed by atoms with Crippen LogP contribution in [0.15, 0.2) is 18.2 Å². The van der Waals surface area contributed by atoms with Gasteiger partial charge in [0.1, 0.15) is 0 Å². The zero-order valence-corrected chi connectivity index (χ0v) is 10.6. The summed E-state index contributed by atoms with van der Waals surface area (Å²) in [4.78, 5) is 11.8. The Morgan fingerprint density at radius 1 is 1.59 bits per heavy atom. The van der Waals surface area contributed by atoms with E-state index in [0.29, 0.717) is 6.61 Å². The summed E-state index contributed by atoms with van der Waals surface area (Å²) in [5, 5.41) is 0.763. The van der Waals surface area contributed by atoms with Crippen LogP contribution in [0.3, 0.4) is 0 Å². The van der Waals surface area contributed by atoms with Crippen LogP contribution < -0.4 is 0 Å². The summed E-state index contributed by atoms with van der Waals surface area (Å²) in [5.74, 6) is 0.0162. The number of carbonyl (C=O) groups excluding carboxylic acids is 1. The summed E-state index contributed by atoms with van der Waals surface area (Å²) in [6.07, 6.45) is 3.05. The van der Waals surface area contributed by atoms with Gasteiger partial charge in [-0.2, -0.15) is 0 Å². The average Bonchev–Trinajstić information content (AvgIpc) is 2.93. The number of esters is 1. The predicted octanol–water partition coefficient (Wildman–Crippen LogP) is 3.11. The minimum absolute atomic E-state index is 0.0414. The van der Waals surface area contributed by atoms with E-state index < -0.39 is 0 Å². The molecule has 0 N–H and O–H groups in total. The summed E-state index contributed by atoms with van der Waals surface area (Å²) in [6, 6.07) is 6.05. The Kier molecular flexibility index (Phi) is 2.44. The Balaban J connectivity index is 1.90. The standard InChI is InChI=1S/C14H15ClO2/c1-2-17-13(16)12-8-14(12)6-5-9-3-4-10(15)7-11(9)14/h3-4,7,12H,2,5-6,8H2,1H3/t12-,14-/m0/s1. The molecule has 1 saturated carbocycles. The maximum absolute atomic E-state index is 11.8. The highest BCUT2D eigenvalue weighted by molar-refractivity contribution is 6.30. The number of fused-ring (bicyclic) bond motifs is 2. The number of rotatable bonds is 2. The van der Waals surface area contributed by atoms with Crippen molar-refractivity contribution in [3.8, 4) is 0 Å². The molecule has 90 valence electrons. The van der Waals surface area contributed by atoms with Crippen molar-refractivity contribution in [1.82, 2.24) is 0 Å². The van der Waals surface area contributed by atoms with Crippen LogP contribution in [0.1, 0.15) is 30.9 Å². The van der Waals surface area contributed by atoms with Crippen LogP contribution in [-0.2, 0) is 21.4 Å². The highest BCUT2D eigenvalue weighted by atomic mass is 35.5. The van der Waals surface area contributed by atoms with Crippen molar-refractivity contribution in [3.63, 3.8) is 0 Å². The summed E-state index contributed by atoms with van der Waals surface area (Å²) >= 11 is 6.05. The topological polar surface area (TPSA) is 26.3 Å². The van der Waals surface area contributed by atoms with Crippen LogP contribution in [0.2, 0.25) is 5.02 Å². The molecule has 0 amide bonds. The molecular formula is C14H15ClO2. The minimum atomic E-state index is -0.0414. The number of hydrogen-bond donors (Lipinski definition) is 0. The third-order valence-corrected chi connectivity index (χ3v) is 4.33. The lowest BCUT2D eigenvalue weighted by Crippen LogP contribution is -2.15. The van der Waals surface area contributed by atoms with Gasteiger partial charge in [-0.05, 0) is 49.4 Å². The van der Waals surface area contributed by atoms with E-state index in [-0.39, 0.29) is 17.3 Å². The first-order chi connectivity index (χ1) is 8.17. The van der Waals surface area contributed by atoms with E-state index in [1.165, 1.54) is 11.1 Å². The van der Waals surface area contributed by atoms with E-state index in [2.05, 4.69) is 6.07 Å². The minimum Gasteiger partial charge on any atom is -0.466 e. The number of hydrogen-bond acceptors (Lipinski definition) is 2. The van der Waals surface area contributed by atoms with Crippen molar-refractivity contribution < 1.29 is 9.53 Å². The smallest absolute Gasteiger partial charge is 0.309 e. The maximum Gasteiger partial charge on any atom is 0.309 e. The van der Waals surface area contributed by atoms with Crippen molar-refractivity contribution in [2.75, 3.05) is 6.61 Å². The fourth-order valence-corrected chi connectivity index (χ4v) is 3.33. The zero-order chi connectivity index (χ0) is 12.0. The molecule has 0 aromatic heterocycles. The van der Waals surface area contributed by atoms with E-state index in [9.17, 15) is 4.79 Å². The molecule has 3 rings (SSSR count). The second-order valence-electron chi connectivity index (χ2n) is 4.97. The SMILES string of the molecule is CCOC(=O)[C@@H]1C[C@]12CCc1ccc(Cl)cc12. The highest BCUT2D eigenvalue weighted by Crippen LogP contribution is 2.62. The van der Waals surface area contributed by atoms with Gasteiger partial charge in [-0.25, -0.2) is 0 Å². The quantitative estimate of drug-likeness (QED) is 0.754. The van der Waals surface area contributed by atoms with E-state index in [0.717, 1.165) is 24.3 Å². The van der Waals surface area contributed by atoms with Crippen LogP contribution in [0, 0.1) is 5.92 Å². The molecule has 1 aromatic rings. The summed E-state index contributed by atoms with van der Waals surface area (Å²) in [7, 11) is 0. The molecule has 1 spiro atoms. The molecule has 1 fully saturated rings. The first-order valence-corrected chi connectivity index (χ1v) is 6.51. The summed E-state index contributed by atoms with van der Waals surface area (Å²) in [5.41, 5.74) is 2.68. The lowest BCUT2D eigenvalue weighted by atomic mass is 9.95. The number of carbonyl (C=O) groups is 1. The van der Waals surface area contributed by atoms with Crippen molar-refractivity contribution in [1.29, 1.82) is 0 Å². The van der Waals surface area contributed by atoms with Gasteiger partial charge in [0.25, 0.3) is 0 Å². The fraction of sp³-hybridized carbons (Fsp3) is 0.500. The van der Waals surface area contributed by atoms with Crippen LogP contribution in [-0.4, -0.2) is 12.6 Å². The first kappa shape index (κ1) is 11.1. The Hall–Kier alpha value is -1.02. The molecule has 3 heteroatoms. The van der Waals surface area contributed by atoms with E-state index in [1.54, 1.807) is 0 Å². The van der Waals surface area contributed by atoms with Gasteiger partial charge in [-0.3, -0.25) is 4.79 Å². The molecular weight excluding hydrogens is 236 g/mol. The number of ether oxygens (including phenoxy) is 1. The van der Waals surface area contributed by atoms with Gasteiger partial charge in [0.2, 0.25) is 0 Å². The Morgan fingerprint density at radius 2 is 2.41 bits per heavy atom. The molecule has 2 nitrogen and oxygen atoms in total. The third-order valence-electron chi connectivity index (χ3n) is 4.10. The molecule has 2 atom stereocenters. The molecule has 0 radical (unpaired) electrons. The molecule has 2 aliphatic carbocycles. The molecule has 0 unspecified atom stereocenters. The molecule has 1 aromatic carbocycles. The molecule has 0 heterocycles. The summed E-state index contributed by atoms with van der Waals surface area (Å²) < 4.78 is 5.13. The number of aryl methyl sites for hydroxylation is 1. The Labute approximate surface area is 106 Å². The average molecular weight is 251 g/mol. The van der Waals surface area contributed by atoms with Crippen molar-refractivity contribution in [3.05, 3.63) is 34.3 Å². The zero-order valence-electron chi connectivity index (χ0n) is 9.83. The van der Waals surface area contributed by atoms with Crippen molar-refractivity contribution >= 4 is 17.6 Å². The first-order valence-electron chi connectivity index (χ1n) is 6.13. The second kappa shape index (κ2) is 3.74. The highest BCUT2D eigenvalue weighted by Gasteiger charge is 2.62. The largest absolute Gasteiger partial charge is 0.466 e. The van der Waals surface area contributed by atoms with Crippen LogP contribution in [0.25, 0.3) is 0 Å². The molecule has 0 aliphatic heterocycles. The molecule has 0 bridgehead atoms. The van der Waals surface area contributed by atoms with E-state index in [4.69, 9.17) is 16.3 Å². The molecule has 0 saturated heterocycles. The molecule has 17 heavy (non-hydrogen) atoms. The maximum atomic E-state index is 11.8. The Bertz CT molecular complexity index is 483. The van der Waals surface area contributed by atoms with Gasteiger partial charge < -0.3 is 4.74 Å². The normalized spacial score (nSPS) is 29.2. The van der Waals surface area contributed by atoms with Gasteiger partial charge >= 0.3 is 5.97 Å². The van der Waals surface area contributed by atoms with Crippen molar-refractivity contribution in [2.45, 2.75) is 31.6 Å². The van der Waals surface area contributed by atoms with Crippen molar-refractivity contribution in [2.24, 2.45) is 5.92 Å². The van der Waals surface area contributed by atoms with Crippen LogP contribution in [0.5, 0.6) is 0 Å². The monoisotopic (exact) mass is 250 g/mol.